The summed E-state index contributed by atoms with van der Waals surface area (Å²) in [5.74, 6) is 0.198. The molecule has 2 aliphatic heterocycles. The first kappa shape index (κ1) is 13.4. The number of pyridine rings is 1. The van der Waals surface area contributed by atoms with E-state index in [4.69, 9.17) is 0 Å². The molecular weight excluding hydrogens is 252 g/mol. The SMILES string of the molecule is O=C1CCC(CNC2CCN(c3ccncc3)CC2)N1. The molecule has 0 saturated carbocycles. The van der Waals surface area contributed by atoms with Gasteiger partial charge in [0.25, 0.3) is 0 Å². The highest BCUT2D eigenvalue weighted by molar-refractivity contribution is 5.78. The number of carbonyl (C=O) groups is 1. The molecule has 5 nitrogen and oxygen atoms in total. The van der Waals surface area contributed by atoms with E-state index in [-0.39, 0.29) is 5.91 Å². The number of hydrogen-bond donors (Lipinski definition) is 2. The van der Waals surface area contributed by atoms with Gasteiger partial charge in [0, 0.05) is 56.2 Å². The van der Waals surface area contributed by atoms with Crippen molar-refractivity contribution in [2.75, 3.05) is 24.5 Å². The maximum Gasteiger partial charge on any atom is 0.220 e. The van der Waals surface area contributed by atoms with Gasteiger partial charge in [-0.05, 0) is 31.4 Å². The van der Waals surface area contributed by atoms with Gasteiger partial charge in [0.15, 0.2) is 0 Å². The summed E-state index contributed by atoms with van der Waals surface area (Å²) < 4.78 is 0. The zero-order valence-electron chi connectivity index (χ0n) is 11.7. The van der Waals surface area contributed by atoms with Gasteiger partial charge < -0.3 is 15.5 Å². The number of piperidine rings is 1. The van der Waals surface area contributed by atoms with Crippen LogP contribution in [0.3, 0.4) is 0 Å². The normalized spacial score (nSPS) is 23.9. The zero-order chi connectivity index (χ0) is 13.8. The summed E-state index contributed by atoms with van der Waals surface area (Å²) in [5, 5.41) is 6.61. The van der Waals surface area contributed by atoms with Gasteiger partial charge in [0.05, 0.1) is 0 Å². The number of hydrogen-bond acceptors (Lipinski definition) is 4. The minimum absolute atomic E-state index is 0.198. The maximum absolute atomic E-state index is 11.2. The molecule has 0 aromatic carbocycles. The fraction of sp³-hybridized carbons (Fsp3) is 0.600. The van der Waals surface area contributed by atoms with E-state index in [1.165, 1.54) is 5.69 Å². The summed E-state index contributed by atoms with van der Waals surface area (Å²) in [7, 11) is 0. The van der Waals surface area contributed by atoms with Crippen LogP contribution in [-0.4, -0.2) is 42.6 Å². The van der Waals surface area contributed by atoms with Crippen LogP contribution in [0.15, 0.2) is 24.5 Å². The second kappa shape index (κ2) is 6.22. The number of nitrogens with zero attached hydrogens (tertiary/aromatic N) is 2. The molecule has 1 aromatic rings. The topological polar surface area (TPSA) is 57.3 Å². The van der Waals surface area contributed by atoms with E-state index in [2.05, 4.69) is 32.7 Å². The summed E-state index contributed by atoms with van der Waals surface area (Å²) in [6, 6.07) is 5.05. The molecule has 5 heteroatoms. The Morgan fingerprint density at radius 3 is 2.65 bits per heavy atom. The Kier molecular flexibility index (Phi) is 4.16. The highest BCUT2D eigenvalue weighted by Crippen LogP contribution is 2.19. The van der Waals surface area contributed by atoms with Crippen LogP contribution < -0.4 is 15.5 Å². The van der Waals surface area contributed by atoms with Gasteiger partial charge in [-0.3, -0.25) is 9.78 Å². The summed E-state index contributed by atoms with van der Waals surface area (Å²) in [6.45, 7) is 3.07. The minimum Gasteiger partial charge on any atom is -0.371 e. The van der Waals surface area contributed by atoms with E-state index >= 15 is 0 Å². The average molecular weight is 274 g/mol. The van der Waals surface area contributed by atoms with Gasteiger partial charge in [-0.25, -0.2) is 0 Å². The van der Waals surface area contributed by atoms with Gasteiger partial charge in [-0.15, -0.1) is 0 Å². The first-order valence-corrected chi connectivity index (χ1v) is 7.49. The molecule has 1 atom stereocenters. The molecule has 2 N–H and O–H groups in total. The van der Waals surface area contributed by atoms with Crippen molar-refractivity contribution in [3.05, 3.63) is 24.5 Å². The lowest BCUT2D eigenvalue weighted by atomic mass is 10.0. The van der Waals surface area contributed by atoms with E-state index in [9.17, 15) is 4.79 Å². The molecular formula is C15H22N4O. The van der Waals surface area contributed by atoms with Gasteiger partial charge in [0.2, 0.25) is 5.91 Å². The quantitative estimate of drug-likeness (QED) is 0.857. The predicted molar refractivity (Wildman–Crippen MR) is 78.6 cm³/mol. The van der Waals surface area contributed by atoms with Crippen LogP contribution in [-0.2, 0) is 4.79 Å². The van der Waals surface area contributed by atoms with E-state index in [0.717, 1.165) is 38.9 Å². The fourth-order valence-corrected chi connectivity index (χ4v) is 3.04. The van der Waals surface area contributed by atoms with Crippen molar-refractivity contribution >= 4 is 11.6 Å². The van der Waals surface area contributed by atoms with Gasteiger partial charge in [-0.2, -0.15) is 0 Å². The van der Waals surface area contributed by atoms with Crippen molar-refractivity contribution in [3.8, 4) is 0 Å². The molecule has 0 aliphatic carbocycles. The van der Waals surface area contributed by atoms with Crippen molar-refractivity contribution in [3.63, 3.8) is 0 Å². The smallest absolute Gasteiger partial charge is 0.220 e. The Balaban J connectivity index is 1.41. The van der Waals surface area contributed by atoms with Crippen molar-refractivity contribution in [2.45, 2.75) is 37.8 Å². The number of carbonyl (C=O) groups excluding carboxylic acids is 1. The molecule has 2 fully saturated rings. The Morgan fingerprint density at radius 2 is 2.00 bits per heavy atom. The molecule has 0 bridgehead atoms. The van der Waals surface area contributed by atoms with Crippen molar-refractivity contribution in [1.82, 2.24) is 15.6 Å². The molecule has 1 amide bonds. The minimum atomic E-state index is 0.198. The van der Waals surface area contributed by atoms with E-state index < -0.39 is 0 Å². The Labute approximate surface area is 119 Å². The Hall–Kier alpha value is -1.62. The van der Waals surface area contributed by atoms with Crippen LogP contribution in [0.1, 0.15) is 25.7 Å². The first-order valence-electron chi connectivity index (χ1n) is 7.49. The lowest BCUT2D eigenvalue weighted by molar-refractivity contribution is -0.119. The average Bonchev–Trinajstić information content (AvgIpc) is 2.92. The van der Waals surface area contributed by atoms with Gasteiger partial charge in [-0.1, -0.05) is 0 Å². The Morgan fingerprint density at radius 1 is 1.25 bits per heavy atom. The molecule has 3 rings (SSSR count). The second-order valence-corrected chi connectivity index (χ2v) is 5.68. The zero-order valence-corrected chi connectivity index (χ0v) is 11.7. The number of anilines is 1. The molecule has 20 heavy (non-hydrogen) atoms. The molecule has 2 aliphatic rings. The second-order valence-electron chi connectivity index (χ2n) is 5.68. The van der Waals surface area contributed by atoms with Gasteiger partial charge >= 0.3 is 0 Å². The maximum atomic E-state index is 11.2. The monoisotopic (exact) mass is 274 g/mol. The molecule has 108 valence electrons. The van der Waals surface area contributed by atoms with Crippen LogP contribution in [0.25, 0.3) is 0 Å². The number of aromatic nitrogens is 1. The standard InChI is InChI=1S/C15H22N4O/c20-15-2-1-13(18-15)11-17-12-5-9-19(10-6-12)14-3-7-16-8-4-14/h3-4,7-8,12-13,17H,1-2,5-6,9-11H2,(H,18,20). The van der Waals surface area contributed by atoms with E-state index in [1.807, 2.05) is 12.4 Å². The lowest BCUT2D eigenvalue weighted by Gasteiger charge is -2.34. The number of rotatable bonds is 4. The van der Waals surface area contributed by atoms with Crippen molar-refractivity contribution in [1.29, 1.82) is 0 Å². The molecule has 0 spiro atoms. The highest BCUT2D eigenvalue weighted by Gasteiger charge is 2.23. The van der Waals surface area contributed by atoms with Crippen LogP contribution in [0.2, 0.25) is 0 Å². The summed E-state index contributed by atoms with van der Waals surface area (Å²) in [5.41, 5.74) is 1.27. The third-order valence-corrected chi connectivity index (χ3v) is 4.26. The molecule has 1 aromatic heterocycles. The van der Waals surface area contributed by atoms with E-state index in [1.54, 1.807) is 0 Å². The predicted octanol–water partition coefficient (Wildman–Crippen LogP) is 0.919. The summed E-state index contributed by atoms with van der Waals surface area (Å²) in [4.78, 5) is 17.6. The van der Waals surface area contributed by atoms with Crippen molar-refractivity contribution < 1.29 is 4.79 Å². The Bertz CT molecular complexity index is 442. The molecule has 0 radical (unpaired) electrons. The largest absolute Gasteiger partial charge is 0.371 e. The molecule has 2 saturated heterocycles. The summed E-state index contributed by atoms with van der Waals surface area (Å²) in [6.07, 6.45) is 7.67. The number of nitrogens with one attached hydrogen (secondary N) is 2. The summed E-state index contributed by atoms with van der Waals surface area (Å²) >= 11 is 0. The lowest BCUT2D eigenvalue weighted by Crippen LogP contribution is -2.46. The fourth-order valence-electron chi connectivity index (χ4n) is 3.04. The third kappa shape index (κ3) is 3.28. The molecule has 1 unspecified atom stereocenters. The number of amides is 1. The van der Waals surface area contributed by atoms with Crippen LogP contribution in [0.4, 0.5) is 5.69 Å². The highest BCUT2D eigenvalue weighted by atomic mass is 16.1. The first-order chi connectivity index (χ1) is 9.81. The van der Waals surface area contributed by atoms with Crippen LogP contribution in [0, 0.1) is 0 Å². The van der Waals surface area contributed by atoms with Crippen LogP contribution >= 0.6 is 0 Å². The van der Waals surface area contributed by atoms with Gasteiger partial charge in [0.1, 0.15) is 0 Å². The molecule has 3 heterocycles. The van der Waals surface area contributed by atoms with E-state index in [0.29, 0.717) is 18.5 Å². The van der Waals surface area contributed by atoms with Crippen molar-refractivity contribution in [2.24, 2.45) is 0 Å². The van der Waals surface area contributed by atoms with Crippen LogP contribution in [0.5, 0.6) is 0 Å². The third-order valence-electron chi connectivity index (χ3n) is 4.26.